The Labute approximate surface area is 126 Å². The number of nitrogens with one attached hydrogen (secondary N) is 1. The first-order valence-corrected chi connectivity index (χ1v) is 8.17. The van der Waals surface area contributed by atoms with Gasteiger partial charge in [-0.05, 0) is 62.2 Å². The maximum atomic E-state index is 5.89. The van der Waals surface area contributed by atoms with Crippen LogP contribution in [0.4, 0.5) is 11.6 Å². The maximum Gasteiger partial charge on any atom is 0.132 e. The van der Waals surface area contributed by atoms with E-state index >= 15 is 0 Å². The Morgan fingerprint density at radius 3 is 2.33 bits per heavy atom. The van der Waals surface area contributed by atoms with Crippen LogP contribution in [0.3, 0.4) is 0 Å². The molecule has 4 aliphatic carbocycles. The molecule has 0 spiro atoms. The van der Waals surface area contributed by atoms with Gasteiger partial charge in [0.05, 0.1) is 0 Å². The van der Waals surface area contributed by atoms with Crippen molar-refractivity contribution in [3.05, 3.63) is 11.9 Å². The van der Waals surface area contributed by atoms with Crippen molar-refractivity contribution in [2.75, 3.05) is 11.1 Å². The third kappa shape index (κ3) is 2.19. The number of nitrogen functional groups attached to an aromatic ring is 1. The van der Waals surface area contributed by atoms with Crippen LogP contribution in [0, 0.1) is 23.7 Å². The fourth-order valence-corrected chi connectivity index (χ4v) is 6.51. The summed E-state index contributed by atoms with van der Waals surface area (Å²) in [7, 11) is 0. The van der Waals surface area contributed by atoms with E-state index in [1.807, 2.05) is 13.0 Å². The van der Waals surface area contributed by atoms with Crippen LogP contribution in [-0.2, 0) is 0 Å². The molecule has 0 aromatic carbocycles. The first-order valence-electron chi connectivity index (χ1n) is 8.17. The molecule has 3 N–H and O–H groups in total. The molecule has 4 heteroatoms. The largest absolute Gasteiger partial charge is 0.384 e. The summed E-state index contributed by atoms with van der Waals surface area (Å²) in [6.45, 7) is 6.89. The van der Waals surface area contributed by atoms with Gasteiger partial charge in [-0.1, -0.05) is 13.8 Å². The monoisotopic (exact) mass is 286 g/mol. The molecule has 4 nitrogen and oxygen atoms in total. The van der Waals surface area contributed by atoms with Crippen molar-refractivity contribution in [3.8, 4) is 0 Å². The number of aryl methyl sites for hydroxylation is 1. The van der Waals surface area contributed by atoms with Crippen molar-refractivity contribution < 1.29 is 0 Å². The van der Waals surface area contributed by atoms with E-state index in [1.165, 1.54) is 38.5 Å². The lowest BCUT2D eigenvalue weighted by atomic mass is 9.43. The van der Waals surface area contributed by atoms with Crippen molar-refractivity contribution in [2.24, 2.45) is 16.7 Å². The third-order valence-corrected chi connectivity index (χ3v) is 5.88. The summed E-state index contributed by atoms with van der Waals surface area (Å²) in [5, 5.41) is 3.79. The van der Waals surface area contributed by atoms with Crippen LogP contribution in [0.25, 0.3) is 0 Å². The Hall–Kier alpha value is -1.32. The zero-order chi connectivity index (χ0) is 14.9. The fourth-order valence-electron chi connectivity index (χ4n) is 6.51. The van der Waals surface area contributed by atoms with Gasteiger partial charge in [-0.3, -0.25) is 0 Å². The van der Waals surface area contributed by atoms with E-state index in [2.05, 4.69) is 29.1 Å². The molecule has 1 aromatic heterocycles. The summed E-state index contributed by atoms with van der Waals surface area (Å²) < 4.78 is 0. The summed E-state index contributed by atoms with van der Waals surface area (Å²) >= 11 is 0. The molecule has 1 heterocycles. The minimum absolute atomic E-state index is 0.218. The molecule has 4 saturated carbocycles. The molecule has 0 aliphatic heterocycles. The molecule has 1 aromatic rings. The van der Waals surface area contributed by atoms with Gasteiger partial charge in [-0.25, -0.2) is 9.97 Å². The van der Waals surface area contributed by atoms with Gasteiger partial charge in [0.15, 0.2) is 0 Å². The minimum Gasteiger partial charge on any atom is -0.384 e. The Balaban J connectivity index is 1.68. The molecular formula is C17H26N4. The zero-order valence-electron chi connectivity index (χ0n) is 13.4. The van der Waals surface area contributed by atoms with Crippen LogP contribution >= 0.6 is 0 Å². The van der Waals surface area contributed by atoms with Gasteiger partial charge in [-0.15, -0.1) is 0 Å². The molecule has 0 saturated heterocycles. The summed E-state index contributed by atoms with van der Waals surface area (Å²) in [6, 6.07) is 1.89. The number of nitrogens with two attached hydrogens (primary N) is 1. The average Bonchev–Trinajstić information content (AvgIpc) is 2.19. The molecule has 4 fully saturated rings. The highest BCUT2D eigenvalue weighted by molar-refractivity contribution is 5.47. The van der Waals surface area contributed by atoms with E-state index < -0.39 is 0 Å². The lowest BCUT2D eigenvalue weighted by molar-refractivity contribution is -0.0973. The van der Waals surface area contributed by atoms with Gasteiger partial charge in [0.1, 0.15) is 17.5 Å². The van der Waals surface area contributed by atoms with Crippen LogP contribution in [0.5, 0.6) is 0 Å². The van der Waals surface area contributed by atoms with Crippen LogP contribution < -0.4 is 11.1 Å². The molecule has 2 atom stereocenters. The quantitative estimate of drug-likeness (QED) is 0.873. The summed E-state index contributed by atoms with van der Waals surface area (Å²) in [4.78, 5) is 8.74. The highest BCUT2D eigenvalue weighted by Gasteiger charge is 2.60. The topological polar surface area (TPSA) is 63.8 Å². The molecule has 4 aliphatic rings. The molecule has 0 radical (unpaired) electrons. The Morgan fingerprint density at radius 1 is 1.10 bits per heavy atom. The fraction of sp³-hybridized carbons (Fsp3) is 0.765. The van der Waals surface area contributed by atoms with Crippen molar-refractivity contribution in [3.63, 3.8) is 0 Å². The smallest absolute Gasteiger partial charge is 0.132 e. The Kier molecular flexibility index (Phi) is 2.48. The lowest BCUT2D eigenvalue weighted by Crippen LogP contribution is -2.61. The Morgan fingerprint density at radius 2 is 1.76 bits per heavy atom. The van der Waals surface area contributed by atoms with Gasteiger partial charge in [0, 0.05) is 11.6 Å². The second kappa shape index (κ2) is 3.90. The van der Waals surface area contributed by atoms with Gasteiger partial charge in [-0.2, -0.15) is 0 Å². The molecule has 2 unspecified atom stereocenters. The van der Waals surface area contributed by atoms with Crippen molar-refractivity contribution in [1.82, 2.24) is 9.97 Å². The molecular weight excluding hydrogens is 260 g/mol. The summed E-state index contributed by atoms with van der Waals surface area (Å²) in [5.74, 6) is 3.10. The van der Waals surface area contributed by atoms with Crippen LogP contribution in [0.15, 0.2) is 6.07 Å². The van der Waals surface area contributed by atoms with Crippen molar-refractivity contribution >= 4 is 11.6 Å². The number of hydrogen-bond donors (Lipinski definition) is 2. The van der Waals surface area contributed by atoms with Gasteiger partial charge >= 0.3 is 0 Å². The predicted octanol–water partition coefficient (Wildman–Crippen LogP) is 3.53. The first-order chi connectivity index (χ1) is 9.77. The normalized spacial score (nSPS) is 44.0. The predicted molar refractivity (Wildman–Crippen MR) is 84.9 cm³/mol. The zero-order valence-corrected chi connectivity index (χ0v) is 13.4. The average molecular weight is 286 g/mol. The second-order valence-electron chi connectivity index (χ2n) is 8.76. The molecule has 0 amide bonds. The first kappa shape index (κ1) is 13.4. The minimum atomic E-state index is 0.218. The van der Waals surface area contributed by atoms with Gasteiger partial charge < -0.3 is 11.1 Å². The second-order valence-corrected chi connectivity index (χ2v) is 8.76. The standard InChI is InChI=1S/C17H26N4/c1-11-19-13(18)4-14(20-11)21-17-7-12-5-15(2,9-17)8-16(3,6-12)10-17/h4,12H,5-10H2,1-3H3,(H3,18,19,20,21). The van der Waals surface area contributed by atoms with Gasteiger partial charge in [0.2, 0.25) is 0 Å². The Bertz CT molecular complexity index is 558. The van der Waals surface area contributed by atoms with E-state index in [9.17, 15) is 0 Å². The summed E-state index contributed by atoms with van der Waals surface area (Å²) in [5.41, 5.74) is 7.12. The third-order valence-electron chi connectivity index (χ3n) is 5.88. The van der Waals surface area contributed by atoms with E-state index in [0.717, 1.165) is 17.6 Å². The number of aromatic nitrogens is 2. The maximum absolute atomic E-state index is 5.89. The number of anilines is 2. The summed E-state index contributed by atoms with van der Waals surface area (Å²) in [6.07, 6.45) is 8.06. The highest BCUT2D eigenvalue weighted by Crippen LogP contribution is 2.66. The van der Waals surface area contributed by atoms with Crippen molar-refractivity contribution in [2.45, 2.75) is 64.8 Å². The van der Waals surface area contributed by atoms with Crippen LogP contribution in [-0.4, -0.2) is 15.5 Å². The van der Waals surface area contributed by atoms with E-state index in [0.29, 0.717) is 16.6 Å². The lowest BCUT2D eigenvalue weighted by Gasteiger charge is -2.65. The highest BCUT2D eigenvalue weighted by atomic mass is 15.1. The van der Waals surface area contributed by atoms with Crippen LogP contribution in [0.1, 0.15) is 58.2 Å². The van der Waals surface area contributed by atoms with Gasteiger partial charge in [0.25, 0.3) is 0 Å². The van der Waals surface area contributed by atoms with E-state index in [1.54, 1.807) is 0 Å². The number of hydrogen-bond acceptors (Lipinski definition) is 4. The van der Waals surface area contributed by atoms with Crippen molar-refractivity contribution in [1.29, 1.82) is 0 Å². The van der Waals surface area contributed by atoms with E-state index in [-0.39, 0.29) is 5.54 Å². The number of rotatable bonds is 2. The molecule has 4 bridgehead atoms. The molecule has 114 valence electrons. The SMILES string of the molecule is Cc1nc(N)cc(NC23CC4CC(C)(CC(C)(C4)C2)C3)n1. The number of nitrogens with zero attached hydrogens (tertiary/aromatic N) is 2. The molecule has 5 rings (SSSR count). The van der Waals surface area contributed by atoms with E-state index in [4.69, 9.17) is 5.73 Å². The molecule has 21 heavy (non-hydrogen) atoms. The van der Waals surface area contributed by atoms with Crippen LogP contribution in [0.2, 0.25) is 0 Å².